The first-order chi connectivity index (χ1) is 9.15. The van der Waals surface area contributed by atoms with E-state index in [1.807, 2.05) is 20.8 Å². The van der Waals surface area contributed by atoms with Crippen LogP contribution < -0.4 is 10.6 Å². The number of hydrogen-bond acceptors (Lipinski definition) is 5. The van der Waals surface area contributed by atoms with E-state index in [1.54, 1.807) is 6.92 Å². The van der Waals surface area contributed by atoms with Gasteiger partial charge in [0.2, 0.25) is 5.13 Å². The van der Waals surface area contributed by atoms with E-state index in [9.17, 15) is 9.59 Å². The van der Waals surface area contributed by atoms with Gasteiger partial charge in [-0.15, -0.1) is 0 Å². The molecule has 0 aliphatic rings. The number of aliphatic carboxylic acids is 1. The molecule has 0 bridgehead atoms. The van der Waals surface area contributed by atoms with Gasteiger partial charge < -0.3 is 10.4 Å². The molecule has 0 saturated carbocycles. The second kappa shape index (κ2) is 6.65. The predicted molar refractivity (Wildman–Crippen MR) is 76.9 cm³/mol. The van der Waals surface area contributed by atoms with E-state index in [2.05, 4.69) is 20.0 Å². The van der Waals surface area contributed by atoms with Crippen molar-refractivity contribution in [3.8, 4) is 0 Å². The van der Waals surface area contributed by atoms with Gasteiger partial charge in [0.25, 0.3) is 0 Å². The fraction of sp³-hybridized carbons (Fsp3) is 0.667. The zero-order valence-corrected chi connectivity index (χ0v) is 12.9. The Hall–Kier alpha value is -1.70. The highest BCUT2D eigenvalue weighted by atomic mass is 32.1. The van der Waals surface area contributed by atoms with Crippen molar-refractivity contribution in [2.45, 2.75) is 46.6 Å². The highest BCUT2D eigenvalue weighted by Crippen LogP contribution is 2.22. The topological polar surface area (TPSA) is 104 Å². The van der Waals surface area contributed by atoms with Gasteiger partial charge in [-0.1, -0.05) is 20.8 Å². The van der Waals surface area contributed by atoms with Crippen LogP contribution in [0.2, 0.25) is 0 Å². The van der Waals surface area contributed by atoms with Gasteiger partial charge in [-0.25, -0.2) is 9.78 Å². The van der Waals surface area contributed by atoms with Gasteiger partial charge in [0, 0.05) is 17.6 Å². The summed E-state index contributed by atoms with van der Waals surface area (Å²) in [4.78, 5) is 26.7. The Morgan fingerprint density at radius 2 is 2.05 bits per heavy atom. The minimum absolute atomic E-state index is 0.0767. The predicted octanol–water partition coefficient (Wildman–Crippen LogP) is 2.25. The van der Waals surface area contributed by atoms with Crippen molar-refractivity contribution in [1.82, 2.24) is 14.7 Å². The van der Waals surface area contributed by atoms with Crippen molar-refractivity contribution < 1.29 is 14.7 Å². The Morgan fingerprint density at radius 1 is 1.40 bits per heavy atom. The molecule has 0 radical (unpaired) electrons. The number of rotatable bonds is 5. The number of hydrogen-bond donors (Lipinski definition) is 3. The van der Waals surface area contributed by atoms with E-state index in [-0.39, 0.29) is 11.8 Å². The fourth-order valence-electron chi connectivity index (χ4n) is 1.79. The van der Waals surface area contributed by atoms with Crippen molar-refractivity contribution in [3.63, 3.8) is 0 Å². The SMILES string of the molecule is Cc1nsc(NC(=O)NC(CC(=O)O)CC(C)(C)C)n1. The molecule has 3 N–H and O–H groups in total. The number of nitrogens with one attached hydrogen (secondary N) is 2. The van der Waals surface area contributed by atoms with Crippen molar-refractivity contribution in [3.05, 3.63) is 5.82 Å². The number of carbonyl (C=O) groups is 2. The molecule has 20 heavy (non-hydrogen) atoms. The fourth-order valence-corrected chi connectivity index (χ4v) is 2.36. The zero-order chi connectivity index (χ0) is 15.3. The van der Waals surface area contributed by atoms with Crippen LogP contribution in [0.5, 0.6) is 0 Å². The van der Waals surface area contributed by atoms with E-state index < -0.39 is 18.0 Å². The molecule has 0 saturated heterocycles. The molecule has 1 rings (SSSR count). The lowest BCUT2D eigenvalue weighted by Gasteiger charge is -2.25. The van der Waals surface area contributed by atoms with Crippen molar-refractivity contribution in [2.75, 3.05) is 5.32 Å². The minimum atomic E-state index is -0.939. The normalized spacial score (nSPS) is 12.8. The van der Waals surface area contributed by atoms with Crippen LogP contribution in [-0.2, 0) is 4.79 Å². The van der Waals surface area contributed by atoms with E-state index in [1.165, 1.54) is 0 Å². The molecule has 1 aromatic rings. The van der Waals surface area contributed by atoms with E-state index in [0.717, 1.165) is 11.5 Å². The van der Waals surface area contributed by atoms with E-state index >= 15 is 0 Å². The van der Waals surface area contributed by atoms with Crippen LogP contribution in [0.25, 0.3) is 0 Å². The second-order valence-corrected chi connectivity index (χ2v) is 6.56. The largest absolute Gasteiger partial charge is 0.481 e. The van der Waals surface area contributed by atoms with Crippen LogP contribution in [0, 0.1) is 12.3 Å². The summed E-state index contributed by atoms with van der Waals surface area (Å²) in [6, 6.07) is -0.891. The van der Waals surface area contributed by atoms with Crippen molar-refractivity contribution >= 4 is 28.7 Å². The van der Waals surface area contributed by atoms with Crippen LogP contribution >= 0.6 is 11.5 Å². The number of carboxylic acid groups (broad SMARTS) is 1. The van der Waals surface area contributed by atoms with Gasteiger partial charge in [-0.2, -0.15) is 4.37 Å². The minimum Gasteiger partial charge on any atom is -0.481 e. The first-order valence-electron chi connectivity index (χ1n) is 6.25. The Bertz CT molecular complexity index is 481. The number of urea groups is 1. The molecule has 0 aliphatic heterocycles. The Balaban J connectivity index is 2.59. The Labute approximate surface area is 122 Å². The number of aryl methyl sites for hydroxylation is 1. The summed E-state index contributed by atoms with van der Waals surface area (Å²) in [5, 5.41) is 14.5. The number of nitrogens with zero attached hydrogens (tertiary/aromatic N) is 2. The van der Waals surface area contributed by atoms with E-state index in [4.69, 9.17) is 5.11 Å². The molecule has 1 heterocycles. The summed E-state index contributed by atoms with van der Waals surface area (Å²) in [5.74, 6) is -0.353. The van der Waals surface area contributed by atoms with Gasteiger partial charge in [0.1, 0.15) is 5.82 Å². The molecular formula is C12H20N4O3S. The summed E-state index contributed by atoms with van der Waals surface area (Å²) in [7, 11) is 0. The summed E-state index contributed by atoms with van der Waals surface area (Å²) >= 11 is 1.08. The number of anilines is 1. The number of carboxylic acids is 1. The molecule has 8 heteroatoms. The molecule has 1 aromatic heterocycles. The quantitative estimate of drug-likeness (QED) is 0.773. The molecule has 1 unspecified atom stereocenters. The van der Waals surface area contributed by atoms with Gasteiger partial charge >= 0.3 is 12.0 Å². The average molecular weight is 300 g/mol. The van der Waals surface area contributed by atoms with Gasteiger partial charge in [0.05, 0.1) is 6.42 Å². The lowest BCUT2D eigenvalue weighted by atomic mass is 9.87. The lowest BCUT2D eigenvalue weighted by molar-refractivity contribution is -0.137. The van der Waals surface area contributed by atoms with Crippen LogP contribution in [-0.4, -0.2) is 32.5 Å². The maximum atomic E-state index is 11.8. The zero-order valence-electron chi connectivity index (χ0n) is 12.1. The third-order valence-corrected chi connectivity index (χ3v) is 3.08. The molecule has 0 fully saturated rings. The van der Waals surface area contributed by atoms with E-state index in [0.29, 0.717) is 17.4 Å². The maximum absolute atomic E-state index is 11.8. The summed E-state index contributed by atoms with van der Waals surface area (Å²) < 4.78 is 3.95. The smallest absolute Gasteiger partial charge is 0.321 e. The monoisotopic (exact) mass is 300 g/mol. The molecule has 112 valence electrons. The maximum Gasteiger partial charge on any atom is 0.321 e. The third-order valence-electron chi connectivity index (χ3n) is 2.36. The Morgan fingerprint density at radius 3 is 2.50 bits per heavy atom. The standard InChI is InChI=1S/C12H20N4O3S/c1-7-13-11(20-16-7)15-10(19)14-8(5-9(17)18)6-12(2,3)4/h8H,5-6H2,1-4H3,(H,17,18)(H2,13,14,15,16,19). The van der Waals surface area contributed by atoms with Crippen LogP contribution in [0.15, 0.2) is 0 Å². The number of amides is 2. The van der Waals surface area contributed by atoms with Gasteiger partial charge in [-0.3, -0.25) is 10.1 Å². The molecule has 1 atom stereocenters. The molecule has 7 nitrogen and oxygen atoms in total. The summed E-state index contributed by atoms with van der Waals surface area (Å²) in [5.41, 5.74) is -0.0767. The molecule has 2 amide bonds. The first kappa shape index (κ1) is 16.4. The van der Waals surface area contributed by atoms with Crippen LogP contribution in [0.1, 0.15) is 39.4 Å². The molecule has 0 aliphatic carbocycles. The van der Waals surface area contributed by atoms with Crippen LogP contribution in [0.4, 0.5) is 9.93 Å². The van der Waals surface area contributed by atoms with Crippen LogP contribution in [0.3, 0.4) is 0 Å². The van der Waals surface area contributed by atoms with Gasteiger partial charge in [0.15, 0.2) is 0 Å². The molecular weight excluding hydrogens is 280 g/mol. The van der Waals surface area contributed by atoms with Crippen molar-refractivity contribution in [2.24, 2.45) is 5.41 Å². The van der Waals surface area contributed by atoms with Crippen molar-refractivity contribution in [1.29, 1.82) is 0 Å². The highest BCUT2D eigenvalue weighted by molar-refractivity contribution is 7.09. The average Bonchev–Trinajstić information content (AvgIpc) is 2.59. The molecule has 0 spiro atoms. The lowest BCUT2D eigenvalue weighted by Crippen LogP contribution is -2.41. The summed E-state index contributed by atoms with van der Waals surface area (Å²) in [6.07, 6.45) is 0.460. The van der Waals surface area contributed by atoms with Gasteiger partial charge in [-0.05, 0) is 18.8 Å². The third kappa shape index (κ3) is 6.46. The Kier molecular flexibility index (Phi) is 5.43. The highest BCUT2D eigenvalue weighted by Gasteiger charge is 2.23. The number of carbonyl (C=O) groups excluding carboxylic acids is 1. The second-order valence-electron chi connectivity index (χ2n) is 5.80. The number of aromatic nitrogens is 2. The molecule has 0 aromatic carbocycles. The first-order valence-corrected chi connectivity index (χ1v) is 7.03. The summed E-state index contributed by atoms with van der Waals surface area (Å²) in [6.45, 7) is 7.72.